The predicted molar refractivity (Wildman–Crippen MR) is 95.2 cm³/mol. The second-order valence-corrected chi connectivity index (χ2v) is 7.58. The molecule has 1 aromatic rings. The average Bonchev–Trinajstić information content (AvgIpc) is 3.13. The number of rotatable bonds is 5. The highest BCUT2D eigenvalue weighted by molar-refractivity contribution is 5.86. The zero-order valence-corrected chi connectivity index (χ0v) is 15.7. The second kappa shape index (κ2) is 7.83. The Bertz CT molecular complexity index is 574. The van der Waals surface area contributed by atoms with Gasteiger partial charge in [-0.25, -0.2) is 0 Å². The Morgan fingerprint density at radius 1 is 1.20 bits per heavy atom. The van der Waals surface area contributed by atoms with Crippen molar-refractivity contribution in [3.05, 3.63) is 12.2 Å². The van der Waals surface area contributed by atoms with Gasteiger partial charge in [-0.2, -0.15) is 0 Å². The first-order valence-corrected chi connectivity index (χ1v) is 9.58. The maximum atomic E-state index is 13.4. The van der Waals surface area contributed by atoms with Gasteiger partial charge in [0.25, 0.3) is 0 Å². The molecule has 0 spiro atoms. The molecule has 2 aliphatic rings. The standard InChI is InChI=1S/C18H31N5O2/c1-14(2)23-13-19-21-16(23)15(3)20-17(24)18(7-5-4-6-8-18)22-9-11-25-12-10-22/h13-15H,4-12H2,1-3H3,(H,20,24). The number of nitrogens with zero attached hydrogens (tertiary/aromatic N) is 4. The second-order valence-electron chi connectivity index (χ2n) is 7.58. The molecule has 0 bridgehead atoms. The van der Waals surface area contributed by atoms with Gasteiger partial charge in [0.05, 0.1) is 19.3 Å². The highest BCUT2D eigenvalue weighted by Crippen LogP contribution is 2.35. The molecule has 7 nitrogen and oxygen atoms in total. The lowest BCUT2D eigenvalue weighted by molar-refractivity contribution is -0.140. The summed E-state index contributed by atoms with van der Waals surface area (Å²) < 4.78 is 7.52. The third-order valence-electron chi connectivity index (χ3n) is 5.61. The minimum atomic E-state index is -0.390. The van der Waals surface area contributed by atoms with Crippen LogP contribution in [0.2, 0.25) is 0 Å². The maximum Gasteiger partial charge on any atom is 0.241 e. The molecule has 3 rings (SSSR count). The smallest absolute Gasteiger partial charge is 0.241 e. The van der Waals surface area contributed by atoms with E-state index in [0.717, 1.165) is 44.6 Å². The fraction of sp³-hybridized carbons (Fsp3) is 0.833. The Morgan fingerprint density at radius 2 is 1.88 bits per heavy atom. The summed E-state index contributed by atoms with van der Waals surface area (Å²) in [4.78, 5) is 15.7. The minimum absolute atomic E-state index is 0.139. The van der Waals surface area contributed by atoms with Gasteiger partial charge in [-0.1, -0.05) is 19.3 Å². The van der Waals surface area contributed by atoms with Crippen LogP contribution in [0.3, 0.4) is 0 Å². The summed E-state index contributed by atoms with van der Waals surface area (Å²) in [6.45, 7) is 9.29. The Kier molecular flexibility index (Phi) is 5.74. The van der Waals surface area contributed by atoms with Gasteiger partial charge in [0, 0.05) is 19.1 Å². The Balaban J connectivity index is 1.77. The predicted octanol–water partition coefficient (Wildman–Crippen LogP) is 2.07. The van der Waals surface area contributed by atoms with Crippen LogP contribution in [0, 0.1) is 0 Å². The van der Waals surface area contributed by atoms with Crippen molar-refractivity contribution in [2.45, 2.75) is 70.5 Å². The number of amides is 1. The summed E-state index contributed by atoms with van der Waals surface area (Å²) in [7, 11) is 0. The van der Waals surface area contributed by atoms with Gasteiger partial charge in [0.2, 0.25) is 5.91 Å². The molecule has 25 heavy (non-hydrogen) atoms. The zero-order valence-electron chi connectivity index (χ0n) is 15.7. The first-order chi connectivity index (χ1) is 12.0. The molecule has 1 saturated carbocycles. The number of carbonyl (C=O) groups excluding carboxylic acids is 1. The van der Waals surface area contributed by atoms with Crippen molar-refractivity contribution in [3.8, 4) is 0 Å². The van der Waals surface area contributed by atoms with Crippen LogP contribution in [0.1, 0.15) is 70.8 Å². The van der Waals surface area contributed by atoms with Crippen LogP contribution in [0.15, 0.2) is 6.33 Å². The number of morpholine rings is 1. The number of hydrogen-bond donors (Lipinski definition) is 1. The largest absolute Gasteiger partial charge is 0.379 e. The van der Waals surface area contributed by atoms with Crippen molar-refractivity contribution in [2.75, 3.05) is 26.3 Å². The van der Waals surface area contributed by atoms with E-state index in [0.29, 0.717) is 13.2 Å². The van der Waals surface area contributed by atoms with Crippen molar-refractivity contribution in [1.29, 1.82) is 0 Å². The maximum absolute atomic E-state index is 13.4. The van der Waals surface area contributed by atoms with Crippen molar-refractivity contribution < 1.29 is 9.53 Å². The summed E-state index contributed by atoms with van der Waals surface area (Å²) in [6, 6.07) is 0.115. The topological polar surface area (TPSA) is 72.3 Å². The van der Waals surface area contributed by atoms with Crippen molar-refractivity contribution in [2.24, 2.45) is 0 Å². The monoisotopic (exact) mass is 349 g/mol. The lowest BCUT2D eigenvalue weighted by atomic mass is 9.79. The van der Waals surface area contributed by atoms with Gasteiger partial charge in [0.1, 0.15) is 11.9 Å². The van der Waals surface area contributed by atoms with Crippen LogP contribution in [-0.2, 0) is 9.53 Å². The number of aromatic nitrogens is 3. The normalized spacial score (nSPS) is 22.7. The quantitative estimate of drug-likeness (QED) is 0.881. The zero-order chi connectivity index (χ0) is 17.9. The van der Waals surface area contributed by atoms with Gasteiger partial charge in [-0.05, 0) is 33.6 Å². The highest BCUT2D eigenvalue weighted by atomic mass is 16.5. The summed E-state index contributed by atoms with van der Waals surface area (Å²) in [5.74, 6) is 0.955. The van der Waals surface area contributed by atoms with Crippen molar-refractivity contribution >= 4 is 5.91 Å². The van der Waals surface area contributed by atoms with E-state index < -0.39 is 0 Å². The van der Waals surface area contributed by atoms with E-state index in [-0.39, 0.29) is 23.5 Å². The Labute approximate surface area is 150 Å². The molecule has 140 valence electrons. The highest BCUT2D eigenvalue weighted by Gasteiger charge is 2.45. The van der Waals surface area contributed by atoms with Gasteiger partial charge >= 0.3 is 0 Å². The van der Waals surface area contributed by atoms with Gasteiger partial charge in [-0.3, -0.25) is 9.69 Å². The SMILES string of the molecule is CC(NC(=O)C1(N2CCOCC2)CCCCC1)c1nncn1C(C)C. The summed E-state index contributed by atoms with van der Waals surface area (Å²) >= 11 is 0. The summed E-state index contributed by atoms with van der Waals surface area (Å²) in [5, 5.41) is 11.5. The molecular weight excluding hydrogens is 318 g/mol. The molecule has 1 aliphatic heterocycles. The van der Waals surface area contributed by atoms with E-state index >= 15 is 0 Å². The minimum Gasteiger partial charge on any atom is -0.379 e. The molecule has 1 atom stereocenters. The average molecular weight is 349 g/mol. The molecule has 1 amide bonds. The molecule has 1 saturated heterocycles. The van der Waals surface area contributed by atoms with Crippen LogP contribution >= 0.6 is 0 Å². The van der Waals surface area contributed by atoms with Gasteiger partial charge in [0.15, 0.2) is 5.82 Å². The molecule has 7 heteroatoms. The third kappa shape index (κ3) is 3.72. The third-order valence-corrected chi connectivity index (χ3v) is 5.61. The molecule has 2 heterocycles. The number of ether oxygens (including phenoxy) is 1. The van der Waals surface area contributed by atoms with Crippen LogP contribution in [-0.4, -0.2) is 57.4 Å². The molecule has 1 aliphatic carbocycles. The number of hydrogen-bond acceptors (Lipinski definition) is 5. The molecule has 0 radical (unpaired) electrons. The van der Waals surface area contributed by atoms with E-state index in [1.54, 1.807) is 6.33 Å². The molecule has 1 aromatic heterocycles. The molecule has 1 N–H and O–H groups in total. The number of carbonyl (C=O) groups is 1. The van der Waals surface area contributed by atoms with E-state index in [1.165, 1.54) is 6.42 Å². The Hall–Kier alpha value is -1.47. The van der Waals surface area contributed by atoms with Gasteiger partial charge in [-0.15, -0.1) is 10.2 Å². The van der Waals surface area contributed by atoms with Crippen LogP contribution in [0.4, 0.5) is 0 Å². The van der Waals surface area contributed by atoms with Crippen molar-refractivity contribution in [3.63, 3.8) is 0 Å². The van der Waals surface area contributed by atoms with E-state index in [4.69, 9.17) is 4.74 Å². The fourth-order valence-corrected chi connectivity index (χ4v) is 4.17. The lowest BCUT2D eigenvalue weighted by Gasteiger charge is -2.46. The lowest BCUT2D eigenvalue weighted by Crippen LogP contribution is -2.62. The van der Waals surface area contributed by atoms with E-state index in [1.807, 2.05) is 11.5 Å². The van der Waals surface area contributed by atoms with Crippen LogP contribution in [0.5, 0.6) is 0 Å². The first kappa shape index (κ1) is 18.3. The molecule has 1 unspecified atom stereocenters. The number of nitrogens with one attached hydrogen (secondary N) is 1. The molecule has 2 fully saturated rings. The van der Waals surface area contributed by atoms with Crippen LogP contribution in [0.25, 0.3) is 0 Å². The van der Waals surface area contributed by atoms with Gasteiger partial charge < -0.3 is 14.6 Å². The summed E-state index contributed by atoms with van der Waals surface area (Å²) in [5.41, 5.74) is -0.390. The van der Waals surface area contributed by atoms with Crippen molar-refractivity contribution in [1.82, 2.24) is 25.0 Å². The Morgan fingerprint density at radius 3 is 2.52 bits per heavy atom. The summed E-state index contributed by atoms with van der Waals surface area (Å²) in [6.07, 6.45) is 7.05. The van der Waals surface area contributed by atoms with Crippen LogP contribution < -0.4 is 5.32 Å². The van der Waals surface area contributed by atoms with E-state index in [2.05, 4.69) is 34.3 Å². The molecule has 0 aromatic carbocycles. The fourth-order valence-electron chi connectivity index (χ4n) is 4.17. The molecular formula is C18H31N5O2. The first-order valence-electron chi connectivity index (χ1n) is 9.58. The van der Waals surface area contributed by atoms with E-state index in [9.17, 15) is 4.79 Å².